The summed E-state index contributed by atoms with van der Waals surface area (Å²) in [5, 5.41) is 20.9. The van der Waals surface area contributed by atoms with E-state index < -0.39 is 5.97 Å². The van der Waals surface area contributed by atoms with Gasteiger partial charge in [0.25, 0.3) is 0 Å². The van der Waals surface area contributed by atoms with Crippen LogP contribution in [-0.2, 0) is 6.54 Å². The molecule has 9 heteroatoms. The van der Waals surface area contributed by atoms with Crippen molar-refractivity contribution in [2.75, 3.05) is 13.1 Å². The van der Waals surface area contributed by atoms with E-state index in [1.165, 1.54) is 10.9 Å². The fourth-order valence-electron chi connectivity index (χ4n) is 2.03. The van der Waals surface area contributed by atoms with Crippen molar-refractivity contribution < 1.29 is 14.7 Å². The third kappa shape index (κ3) is 2.87. The van der Waals surface area contributed by atoms with E-state index in [1.54, 1.807) is 16.2 Å². The van der Waals surface area contributed by atoms with Crippen LogP contribution in [0.1, 0.15) is 21.4 Å². The monoisotopic (exact) mass is 307 g/mol. The number of nitrogens with zero attached hydrogens (tertiary/aromatic N) is 4. The molecule has 0 unspecified atom stereocenters. The van der Waals surface area contributed by atoms with E-state index in [0.29, 0.717) is 19.6 Å². The number of amides is 2. The Morgan fingerprint density at radius 3 is 2.90 bits per heavy atom. The number of rotatable bonds is 4. The number of aromatic carboxylic acids is 1. The smallest absolute Gasteiger partial charge is 0.358 e. The number of carboxylic acids is 1. The lowest BCUT2D eigenvalue weighted by atomic mass is 10.1. The summed E-state index contributed by atoms with van der Waals surface area (Å²) < 4.78 is 1.49. The van der Waals surface area contributed by atoms with Crippen LogP contribution in [0.15, 0.2) is 23.7 Å². The average Bonchev–Trinajstić information content (AvgIpc) is 3.06. The molecule has 1 fully saturated rings. The number of hydrogen-bond acceptors (Lipinski definition) is 5. The fourth-order valence-corrected chi connectivity index (χ4v) is 2.67. The fraction of sp³-hybridized carbons (Fsp3) is 0.333. The number of carbonyl (C=O) groups excluding carboxylic acids is 1. The number of nitrogens with one attached hydrogen (secondary N) is 1. The minimum absolute atomic E-state index is 0.0157. The highest BCUT2D eigenvalue weighted by Gasteiger charge is 2.33. The van der Waals surface area contributed by atoms with Gasteiger partial charge in [0.2, 0.25) is 0 Å². The number of urea groups is 1. The highest BCUT2D eigenvalue weighted by atomic mass is 32.1. The maximum absolute atomic E-state index is 11.9. The molecule has 110 valence electrons. The maximum Gasteiger partial charge on any atom is 0.358 e. The van der Waals surface area contributed by atoms with Crippen molar-refractivity contribution in [2.24, 2.45) is 0 Å². The molecule has 0 atom stereocenters. The molecule has 1 aliphatic rings. The van der Waals surface area contributed by atoms with Gasteiger partial charge >= 0.3 is 12.0 Å². The van der Waals surface area contributed by atoms with Gasteiger partial charge < -0.3 is 15.3 Å². The normalized spacial score (nSPS) is 14.8. The number of likely N-dealkylation sites (tertiary alicyclic amines) is 1. The predicted molar refractivity (Wildman–Crippen MR) is 74.1 cm³/mol. The van der Waals surface area contributed by atoms with Crippen molar-refractivity contribution in [3.8, 4) is 0 Å². The number of carbonyl (C=O) groups is 2. The predicted octanol–water partition coefficient (Wildman–Crippen LogP) is 0.804. The lowest BCUT2D eigenvalue weighted by Gasteiger charge is -2.38. The Kier molecular flexibility index (Phi) is 3.57. The van der Waals surface area contributed by atoms with Crippen molar-refractivity contribution >= 4 is 23.3 Å². The third-order valence-corrected chi connectivity index (χ3v) is 4.12. The molecule has 3 heterocycles. The molecule has 1 saturated heterocycles. The summed E-state index contributed by atoms with van der Waals surface area (Å²) in [5.74, 6) is -1.11. The molecule has 0 aromatic carbocycles. The van der Waals surface area contributed by atoms with Crippen LogP contribution in [0.2, 0.25) is 0 Å². The summed E-state index contributed by atoms with van der Waals surface area (Å²) in [5.41, 5.74) is -0.0874. The zero-order valence-electron chi connectivity index (χ0n) is 11.0. The van der Waals surface area contributed by atoms with E-state index >= 15 is 0 Å². The zero-order chi connectivity index (χ0) is 14.8. The SMILES string of the molecule is O=C(O)c1cn(C2CN(C(=O)NCc3cccs3)C2)nn1. The van der Waals surface area contributed by atoms with Gasteiger partial charge in [-0.1, -0.05) is 11.3 Å². The second-order valence-corrected chi connectivity index (χ2v) is 5.72. The second-order valence-electron chi connectivity index (χ2n) is 4.69. The third-order valence-electron chi connectivity index (χ3n) is 3.25. The largest absolute Gasteiger partial charge is 0.476 e. The van der Waals surface area contributed by atoms with Crippen molar-refractivity contribution in [3.63, 3.8) is 0 Å². The van der Waals surface area contributed by atoms with E-state index in [0.717, 1.165) is 4.88 Å². The molecule has 0 spiro atoms. The highest BCUT2D eigenvalue weighted by molar-refractivity contribution is 7.09. The molecule has 2 amide bonds. The number of hydrogen-bond donors (Lipinski definition) is 2. The van der Waals surface area contributed by atoms with Gasteiger partial charge in [-0.05, 0) is 11.4 Å². The summed E-state index contributed by atoms with van der Waals surface area (Å²) in [6, 6.07) is 3.76. The first-order chi connectivity index (χ1) is 10.1. The van der Waals surface area contributed by atoms with Crippen molar-refractivity contribution in [1.82, 2.24) is 25.2 Å². The van der Waals surface area contributed by atoms with Gasteiger partial charge in [0.15, 0.2) is 5.69 Å². The molecular formula is C12H13N5O3S. The summed E-state index contributed by atoms with van der Waals surface area (Å²) in [6.07, 6.45) is 1.38. The van der Waals surface area contributed by atoms with Crippen molar-refractivity contribution in [3.05, 3.63) is 34.3 Å². The Balaban J connectivity index is 1.48. The van der Waals surface area contributed by atoms with Gasteiger partial charge in [-0.2, -0.15) is 0 Å². The van der Waals surface area contributed by atoms with Crippen molar-refractivity contribution in [1.29, 1.82) is 0 Å². The zero-order valence-corrected chi connectivity index (χ0v) is 11.8. The van der Waals surface area contributed by atoms with Crippen LogP contribution < -0.4 is 5.32 Å². The van der Waals surface area contributed by atoms with Crippen LogP contribution >= 0.6 is 11.3 Å². The molecule has 21 heavy (non-hydrogen) atoms. The van der Waals surface area contributed by atoms with Crippen LogP contribution in [0, 0.1) is 0 Å². The van der Waals surface area contributed by atoms with Crippen LogP contribution in [-0.4, -0.2) is 50.1 Å². The van der Waals surface area contributed by atoms with Crippen molar-refractivity contribution in [2.45, 2.75) is 12.6 Å². The van der Waals surface area contributed by atoms with Gasteiger partial charge in [0.1, 0.15) is 0 Å². The average molecular weight is 307 g/mol. The first kappa shape index (κ1) is 13.6. The number of aromatic nitrogens is 3. The molecule has 2 aromatic heterocycles. The Morgan fingerprint density at radius 2 is 2.29 bits per heavy atom. The molecular weight excluding hydrogens is 294 g/mol. The molecule has 0 aliphatic carbocycles. The highest BCUT2D eigenvalue weighted by Crippen LogP contribution is 2.20. The Hall–Kier alpha value is -2.42. The quantitative estimate of drug-likeness (QED) is 0.870. The van der Waals surface area contributed by atoms with E-state index in [4.69, 9.17) is 5.11 Å². The van der Waals surface area contributed by atoms with Gasteiger partial charge in [-0.3, -0.25) is 0 Å². The molecule has 3 rings (SSSR count). The van der Waals surface area contributed by atoms with E-state index in [-0.39, 0.29) is 17.8 Å². The number of thiophene rings is 1. The van der Waals surface area contributed by atoms with Gasteiger partial charge in [-0.25, -0.2) is 14.3 Å². The van der Waals surface area contributed by atoms with Crippen LogP contribution in [0.4, 0.5) is 4.79 Å². The number of carboxylic acid groups (broad SMARTS) is 1. The molecule has 2 aromatic rings. The second kappa shape index (κ2) is 5.52. The van der Waals surface area contributed by atoms with Gasteiger partial charge in [-0.15, -0.1) is 16.4 Å². The summed E-state index contributed by atoms with van der Waals surface area (Å²) in [4.78, 5) is 25.4. The molecule has 0 radical (unpaired) electrons. The Labute approximate surface area is 124 Å². The van der Waals surface area contributed by atoms with E-state index in [1.807, 2.05) is 17.5 Å². The standard InChI is InChI=1S/C12H13N5O3S/c18-11(19)10-7-17(15-14-10)8-5-16(6-8)12(20)13-4-9-2-1-3-21-9/h1-3,7-8H,4-6H2,(H,13,20)(H,18,19). The van der Waals surface area contributed by atoms with Gasteiger partial charge in [0.05, 0.1) is 18.8 Å². The summed E-state index contributed by atoms with van der Waals surface area (Å²) >= 11 is 1.59. The first-order valence-corrected chi connectivity index (χ1v) is 7.22. The minimum atomic E-state index is -1.11. The first-order valence-electron chi connectivity index (χ1n) is 6.34. The molecule has 8 nitrogen and oxygen atoms in total. The van der Waals surface area contributed by atoms with Crippen LogP contribution in [0.25, 0.3) is 0 Å². The summed E-state index contributed by atoms with van der Waals surface area (Å²) in [6.45, 7) is 1.52. The molecule has 2 N–H and O–H groups in total. The Morgan fingerprint density at radius 1 is 1.48 bits per heavy atom. The van der Waals surface area contributed by atoms with E-state index in [9.17, 15) is 9.59 Å². The molecule has 1 aliphatic heterocycles. The van der Waals surface area contributed by atoms with E-state index in [2.05, 4.69) is 15.6 Å². The Bertz CT molecular complexity index is 648. The van der Waals surface area contributed by atoms with Crippen LogP contribution in [0.3, 0.4) is 0 Å². The lowest BCUT2D eigenvalue weighted by Crippen LogP contribution is -2.54. The van der Waals surface area contributed by atoms with Gasteiger partial charge in [0, 0.05) is 18.0 Å². The minimum Gasteiger partial charge on any atom is -0.476 e. The summed E-state index contributed by atoms with van der Waals surface area (Å²) in [7, 11) is 0. The van der Waals surface area contributed by atoms with Crippen LogP contribution in [0.5, 0.6) is 0 Å². The molecule has 0 bridgehead atoms. The maximum atomic E-state index is 11.9. The molecule has 0 saturated carbocycles. The topological polar surface area (TPSA) is 100 Å². The lowest BCUT2D eigenvalue weighted by molar-refractivity contribution is 0.0690.